The van der Waals surface area contributed by atoms with Gasteiger partial charge in [-0.3, -0.25) is 0 Å². The average molecular weight is 338 g/mol. The molecule has 2 nitrogen and oxygen atoms in total. The van der Waals surface area contributed by atoms with Crippen LogP contribution in [-0.4, -0.2) is 8.80 Å². The number of hydrogen-bond acceptors (Lipinski definition) is 2. The number of nitrogen functional groups attached to an aromatic ring is 2. The van der Waals surface area contributed by atoms with E-state index in [2.05, 4.69) is 35.1 Å². The fourth-order valence-electron chi connectivity index (χ4n) is 2.29. The van der Waals surface area contributed by atoms with E-state index in [4.69, 9.17) is 11.5 Å². The molecule has 0 saturated heterocycles. The molecule has 3 aromatic rings. The van der Waals surface area contributed by atoms with Gasteiger partial charge >= 0.3 is 0 Å². The summed E-state index contributed by atoms with van der Waals surface area (Å²) in [5, 5.41) is 1.22. The van der Waals surface area contributed by atoms with E-state index in [9.17, 15) is 0 Å². The van der Waals surface area contributed by atoms with E-state index in [0.29, 0.717) is 0 Å². The van der Waals surface area contributed by atoms with Gasteiger partial charge in [-0.2, -0.15) is 0 Å². The van der Waals surface area contributed by atoms with Crippen molar-refractivity contribution in [1.82, 2.24) is 0 Å². The van der Waals surface area contributed by atoms with Crippen molar-refractivity contribution in [2.75, 3.05) is 11.5 Å². The summed E-state index contributed by atoms with van der Waals surface area (Å²) in [6.07, 6.45) is 0. The van der Waals surface area contributed by atoms with Crippen molar-refractivity contribution in [3.63, 3.8) is 0 Å². The van der Waals surface area contributed by atoms with Gasteiger partial charge in [0.2, 0.25) is 8.80 Å². The second-order valence-electron chi connectivity index (χ2n) is 5.63. The maximum Gasteiger partial charge on any atom is 0.232 e. The first-order chi connectivity index (χ1) is 12.2. The van der Waals surface area contributed by atoms with E-state index in [1.54, 1.807) is 0 Å². The summed E-state index contributed by atoms with van der Waals surface area (Å²) in [7, 11) is -1.74. The number of benzene rings is 3. The van der Waals surface area contributed by atoms with Crippen LogP contribution >= 0.6 is 0 Å². The Morgan fingerprint density at radius 2 is 1.00 bits per heavy atom. The van der Waals surface area contributed by atoms with Crippen molar-refractivity contribution in [2.45, 2.75) is 0 Å². The summed E-state index contributed by atoms with van der Waals surface area (Å²) in [5.74, 6) is 6.50. The zero-order chi connectivity index (χ0) is 17.5. The van der Waals surface area contributed by atoms with Crippen LogP contribution in [0.25, 0.3) is 0 Å². The van der Waals surface area contributed by atoms with Crippen LogP contribution in [0.2, 0.25) is 0 Å². The smallest absolute Gasteiger partial charge is 0.232 e. The molecular weight excluding hydrogens is 320 g/mol. The highest BCUT2D eigenvalue weighted by molar-refractivity contribution is 6.87. The van der Waals surface area contributed by atoms with E-state index < -0.39 is 8.80 Å². The molecule has 0 spiro atoms. The predicted molar refractivity (Wildman–Crippen MR) is 109 cm³/mol. The summed E-state index contributed by atoms with van der Waals surface area (Å²) in [4.78, 5) is 0. The van der Waals surface area contributed by atoms with Crippen LogP contribution in [0.1, 0.15) is 11.1 Å². The molecule has 0 unspecified atom stereocenters. The minimum absolute atomic E-state index is 0.741. The molecule has 4 N–H and O–H groups in total. The van der Waals surface area contributed by atoms with E-state index in [-0.39, 0.29) is 0 Å². The Labute approximate surface area is 150 Å². The van der Waals surface area contributed by atoms with Gasteiger partial charge in [0.1, 0.15) is 0 Å². The van der Waals surface area contributed by atoms with Gasteiger partial charge in [-0.1, -0.05) is 42.2 Å². The first-order valence-electron chi connectivity index (χ1n) is 8.00. The number of nitrogens with two attached hydrogens (primary N) is 2. The average Bonchev–Trinajstić information content (AvgIpc) is 2.65. The summed E-state index contributed by atoms with van der Waals surface area (Å²) in [6, 6.07) is 25.5. The summed E-state index contributed by atoms with van der Waals surface area (Å²) >= 11 is 0. The molecule has 25 heavy (non-hydrogen) atoms. The molecule has 0 radical (unpaired) electrons. The van der Waals surface area contributed by atoms with Gasteiger partial charge in [-0.05, 0) is 53.7 Å². The largest absolute Gasteiger partial charge is 0.399 e. The molecule has 0 amide bonds. The molecule has 120 valence electrons. The second kappa shape index (κ2) is 7.92. The van der Waals surface area contributed by atoms with Crippen molar-refractivity contribution in [1.29, 1.82) is 0 Å². The zero-order valence-corrected chi connectivity index (χ0v) is 14.9. The van der Waals surface area contributed by atoms with E-state index in [1.807, 2.05) is 66.7 Å². The van der Waals surface area contributed by atoms with E-state index in [1.165, 1.54) is 5.19 Å². The van der Waals surface area contributed by atoms with Gasteiger partial charge in [0.25, 0.3) is 0 Å². The first kappa shape index (κ1) is 16.5. The second-order valence-corrected chi connectivity index (χ2v) is 7.74. The Morgan fingerprint density at radius 1 is 0.560 bits per heavy atom. The zero-order valence-electron chi connectivity index (χ0n) is 13.7. The number of rotatable bonds is 1. The summed E-state index contributed by atoms with van der Waals surface area (Å²) in [6.45, 7) is 0. The molecule has 0 aromatic heterocycles. The van der Waals surface area contributed by atoms with Crippen LogP contribution in [-0.2, 0) is 0 Å². The van der Waals surface area contributed by atoms with Crippen LogP contribution in [0.3, 0.4) is 0 Å². The third-order valence-electron chi connectivity index (χ3n) is 3.68. The monoisotopic (exact) mass is 338 g/mol. The normalized spacial score (nSPS) is 9.64. The third-order valence-corrected chi connectivity index (χ3v) is 5.59. The molecule has 0 bridgehead atoms. The summed E-state index contributed by atoms with van der Waals surface area (Å²) < 4.78 is 0. The lowest BCUT2D eigenvalue weighted by Gasteiger charge is -2.01. The minimum Gasteiger partial charge on any atom is -0.399 e. The number of hydrogen-bond donors (Lipinski definition) is 2. The van der Waals surface area contributed by atoms with Crippen LogP contribution in [0.5, 0.6) is 0 Å². The Hall–Kier alpha value is -3.40. The third kappa shape index (κ3) is 4.78. The van der Waals surface area contributed by atoms with Gasteiger partial charge in [0.05, 0.1) is 0 Å². The Kier molecular flexibility index (Phi) is 5.21. The van der Waals surface area contributed by atoms with E-state index >= 15 is 0 Å². The highest BCUT2D eigenvalue weighted by atomic mass is 28.3. The summed E-state index contributed by atoms with van der Waals surface area (Å²) in [5.41, 5.74) is 21.7. The van der Waals surface area contributed by atoms with Crippen molar-refractivity contribution in [3.05, 3.63) is 90.0 Å². The standard InChI is InChI=1S/C22H18N2Si/c23-20-10-6-18(7-11-20)14-16-25(22-4-2-1-3-5-22)17-15-19-8-12-21(24)13-9-19/h1-13,25H,23-24H2. The Bertz CT molecular complexity index is 891. The van der Waals surface area contributed by atoms with Crippen molar-refractivity contribution >= 4 is 25.4 Å². The highest BCUT2D eigenvalue weighted by Crippen LogP contribution is 2.05. The maximum atomic E-state index is 5.73. The van der Waals surface area contributed by atoms with Gasteiger partial charge in [0.15, 0.2) is 0 Å². The van der Waals surface area contributed by atoms with Crippen LogP contribution in [0.15, 0.2) is 78.9 Å². The fourth-order valence-corrected chi connectivity index (χ4v) is 3.93. The molecule has 3 rings (SSSR count). The first-order valence-corrected chi connectivity index (χ1v) is 9.73. The van der Waals surface area contributed by atoms with Crippen LogP contribution in [0.4, 0.5) is 11.4 Å². The minimum atomic E-state index is -1.74. The number of anilines is 2. The maximum absolute atomic E-state index is 5.73. The van der Waals surface area contributed by atoms with Gasteiger partial charge in [-0.15, -0.1) is 11.1 Å². The lowest BCUT2D eigenvalue weighted by atomic mass is 10.2. The lowest BCUT2D eigenvalue weighted by Crippen LogP contribution is -2.27. The molecule has 0 fully saturated rings. The molecule has 0 atom stereocenters. The molecule has 3 aromatic carbocycles. The molecule has 0 aliphatic heterocycles. The van der Waals surface area contributed by atoms with Crippen molar-refractivity contribution in [3.8, 4) is 22.9 Å². The molecule has 0 heterocycles. The molecule has 0 saturated carbocycles. The molecule has 0 aliphatic carbocycles. The van der Waals surface area contributed by atoms with Crippen molar-refractivity contribution < 1.29 is 0 Å². The highest BCUT2D eigenvalue weighted by Gasteiger charge is 2.06. The topological polar surface area (TPSA) is 52.0 Å². The molecule has 0 aliphatic rings. The predicted octanol–water partition coefficient (Wildman–Crippen LogP) is 2.47. The quantitative estimate of drug-likeness (QED) is 0.407. The molecular formula is C22H18N2Si. The van der Waals surface area contributed by atoms with Gasteiger partial charge in [-0.25, -0.2) is 0 Å². The van der Waals surface area contributed by atoms with E-state index in [0.717, 1.165) is 22.5 Å². The van der Waals surface area contributed by atoms with Gasteiger partial charge < -0.3 is 11.5 Å². The fraction of sp³-hybridized carbons (Fsp3) is 0. The van der Waals surface area contributed by atoms with Crippen LogP contribution < -0.4 is 16.7 Å². The van der Waals surface area contributed by atoms with Crippen LogP contribution in [0, 0.1) is 22.9 Å². The Balaban J connectivity index is 1.91. The SMILES string of the molecule is Nc1ccc(C#C[SiH](C#Cc2ccc(N)cc2)c2ccccc2)cc1. The van der Waals surface area contributed by atoms with Crippen molar-refractivity contribution in [2.24, 2.45) is 0 Å². The Morgan fingerprint density at radius 3 is 1.44 bits per heavy atom. The van der Waals surface area contributed by atoms with Gasteiger partial charge in [0, 0.05) is 22.5 Å². The molecule has 3 heteroatoms. The lowest BCUT2D eigenvalue weighted by molar-refractivity contribution is 1.63.